The highest BCUT2D eigenvalue weighted by molar-refractivity contribution is 6.04. The van der Waals surface area contributed by atoms with Crippen molar-refractivity contribution < 1.29 is 14.6 Å². The molecule has 0 aliphatic rings. The molecule has 0 radical (unpaired) electrons. The van der Waals surface area contributed by atoms with Crippen LogP contribution in [0.1, 0.15) is 10.4 Å². The number of rotatable bonds is 4. The Bertz CT molecular complexity index is 647. The first-order valence-corrected chi connectivity index (χ1v) is 5.74. The first-order chi connectivity index (χ1) is 9.69. The first kappa shape index (κ1) is 13.4. The number of hydrogen-bond acceptors (Lipinski definition) is 5. The molecular formula is C14H11N3O3. The molecule has 1 aromatic carbocycles. The Labute approximate surface area is 115 Å². The van der Waals surface area contributed by atoms with E-state index in [0.29, 0.717) is 11.4 Å². The Kier molecular flexibility index (Phi) is 4.14. The van der Waals surface area contributed by atoms with Crippen molar-refractivity contribution in [2.24, 2.45) is 0 Å². The molecule has 0 saturated heterocycles. The summed E-state index contributed by atoms with van der Waals surface area (Å²) in [6.45, 7) is -0.0271. The topological polar surface area (TPSA) is 95.2 Å². The van der Waals surface area contributed by atoms with Crippen molar-refractivity contribution in [2.45, 2.75) is 0 Å². The van der Waals surface area contributed by atoms with Gasteiger partial charge in [0.05, 0.1) is 11.8 Å². The second kappa shape index (κ2) is 6.20. The zero-order chi connectivity index (χ0) is 14.4. The van der Waals surface area contributed by atoms with Crippen molar-refractivity contribution in [3.63, 3.8) is 0 Å². The smallest absolute Gasteiger partial charge is 0.257 e. The van der Waals surface area contributed by atoms with Crippen molar-refractivity contribution in [1.29, 1.82) is 5.26 Å². The molecule has 0 aliphatic carbocycles. The maximum atomic E-state index is 11.9. The van der Waals surface area contributed by atoms with Gasteiger partial charge in [-0.2, -0.15) is 5.26 Å². The molecule has 0 atom stereocenters. The third-order valence-corrected chi connectivity index (χ3v) is 2.40. The van der Waals surface area contributed by atoms with Crippen LogP contribution in [0.25, 0.3) is 0 Å². The molecule has 6 heteroatoms. The largest absolute Gasteiger partial charge is 0.506 e. The van der Waals surface area contributed by atoms with Crippen LogP contribution in [0.3, 0.4) is 0 Å². The summed E-state index contributed by atoms with van der Waals surface area (Å²) in [5.74, 6) is 0.0977. The monoisotopic (exact) mass is 269 g/mol. The maximum absolute atomic E-state index is 11.9. The van der Waals surface area contributed by atoms with Crippen LogP contribution >= 0.6 is 0 Å². The van der Waals surface area contributed by atoms with Crippen molar-refractivity contribution in [3.05, 3.63) is 48.3 Å². The average Bonchev–Trinajstić information content (AvgIpc) is 2.46. The van der Waals surface area contributed by atoms with Crippen LogP contribution in [0.15, 0.2) is 42.7 Å². The quantitative estimate of drug-likeness (QED) is 0.884. The second-order valence-corrected chi connectivity index (χ2v) is 3.86. The van der Waals surface area contributed by atoms with E-state index >= 15 is 0 Å². The molecule has 0 saturated carbocycles. The van der Waals surface area contributed by atoms with Crippen molar-refractivity contribution in [2.75, 3.05) is 11.9 Å². The number of ether oxygens (including phenoxy) is 1. The van der Waals surface area contributed by atoms with E-state index in [9.17, 15) is 9.90 Å². The highest BCUT2D eigenvalue weighted by atomic mass is 16.5. The average molecular weight is 269 g/mol. The Balaban J connectivity index is 2.03. The van der Waals surface area contributed by atoms with Crippen LogP contribution in [0.5, 0.6) is 11.5 Å². The predicted octanol–water partition coefficient (Wildman–Crippen LogP) is 1.94. The molecule has 0 bridgehead atoms. The molecule has 6 nitrogen and oxygen atoms in total. The molecule has 2 aromatic rings. The van der Waals surface area contributed by atoms with Crippen LogP contribution < -0.4 is 10.1 Å². The van der Waals surface area contributed by atoms with Crippen LogP contribution in [-0.2, 0) is 0 Å². The fourth-order valence-corrected chi connectivity index (χ4v) is 1.51. The standard InChI is InChI=1S/C14H11N3O3/c15-5-6-20-13-3-1-11(2-4-13)17-14(19)10-7-12(18)9-16-8-10/h1-4,7-9,18H,6H2,(H,17,19). The fourth-order valence-electron chi connectivity index (χ4n) is 1.51. The normalized spacial score (nSPS) is 9.55. The molecule has 1 amide bonds. The van der Waals surface area contributed by atoms with E-state index < -0.39 is 0 Å². The number of aromatic nitrogens is 1. The summed E-state index contributed by atoms with van der Waals surface area (Å²) in [5, 5.41) is 20.3. The molecule has 0 unspecified atom stereocenters. The summed E-state index contributed by atoms with van der Waals surface area (Å²) in [7, 11) is 0. The highest BCUT2D eigenvalue weighted by Gasteiger charge is 2.07. The Morgan fingerprint density at radius 1 is 1.35 bits per heavy atom. The van der Waals surface area contributed by atoms with Gasteiger partial charge < -0.3 is 15.2 Å². The number of nitrogens with zero attached hydrogens (tertiary/aromatic N) is 2. The van der Waals surface area contributed by atoms with Gasteiger partial charge in [-0.05, 0) is 30.3 Å². The summed E-state index contributed by atoms with van der Waals surface area (Å²) < 4.78 is 5.10. The number of nitriles is 1. The summed E-state index contributed by atoms with van der Waals surface area (Å²) in [5.41, 5.74) is 0.831. The number of amides is 1. The zero-order valence-corrected chi connectivity index (χ0v) is 10.4. The Hall–Kier alpha value is -3.07. The van der Waals surface area contributed by atoms with E-state index in [1.165, 1.54) is 18.5 Å². The fraction of sp³-hybridized carbons (Fsp3) is 0.0714. The predicted molar refractivity (Wildman–Crippen MR) is 71.4 cm³/mol. The molecule has 1 aromatic heterocycles. The van der Waals surface area contributed by atoms with E-state index in [-0.39, 0.29) is 23.8 Å². The van der Waals surface area contributed by atoms with E-state index in [4.69, 9.17) is 10.00 Å². The highest BCUT2D eigenvalue weighted by Crippen LogP contribution is 2.17. The molecule has 0 fully saturated rings. The molecule has 100 valence electrons. The third kappa shape index (κ3) is 3.46. The minimum Gasteiger partial charge on any atom is -0.506 e. The van der Waals surface area contributed by atoms with Crippen molar-refractivity contribution in [3.8, 4) is 17.6 Å². The SMILES string of the molecule is N#CCOc1ccc(NC(=O)c2cncc(O)c2)cc1. The van der Waals surface area contributed by atoms with Crippen LogP contribution in [0.2, 0.25) is 0 Å². The van der Waals surface area contributed by atoms with Crippen LogP contribution in [0, 0.1) is 11.3 Å². The molecular weight excluding hydrogens is 258 g/mol. The maximum Gasteiger partial charge on any atom is 0.257 e. The molecule has 0 spiro atoms. The number of nitrogens with one attached hydrogen (secondary N) is 1. The lowest BCUT2D eigenvalue weighted by atomic mass is 10.2. The van der Waals surface area contributed by atoms with Gasteiger partial charge in [0.25, 0.3) is 5.91 Å². The van der Waals surface area contributed by atoms with E-state index in [2.05, 4.69) is 10.3 Å². The number of aromatic hydroxyl groups is 1. The summed E-state index contributed by atoms with van der Waals surface area (Å²) in [6.07, 6.45) is 2.61. The van der Waals surface area contributed by atoms with E-state index in [1.807, 2.05) is 6.07 Å². The van der Waals surface area contributed by atoms with Gasteiger partial charge in [0.15, 0.2) is 6.61 Å². The van der Waals surface area contributed by atoms with Gasteiger partial charge in [0, 0.05) is 11.9 Å². The number of benzene rings is 1. The van der Waals surface area contributed by atoms with Gasteiger partial charge in [-0.25, -0.2) is 0 Å². The number of anilines is 1. The number of carbonyl (C=O) groups is 1. The zero-order valence-electron chi connectivity index (χ0n) is 10.4. The van der Waals surface area contributed by atoms with Gasteiger partial charge in [0.2, 0.25) is 0 Å². The summed E-state index contributed by atoms with van der Waals surface area (Å²) in [6, 6.07) is 9.79. The number of pyridine rings is 1. The Morgan fingerprint density at radius 2 is 2.10 bits per heavy atom. The van der Waals surface area contributed by atoms with Gasteiger partial charge in [-0.1, -0.05) is 0 Å². The molecule has 1 heterocycles. The second-order valence-electron chi connectivity index (χ2n) is 3.86. The molecule has 2 N–H and O–H groups in total. The van der Waals surface area contributed by atoms with Crippen LogP contribution in [0.4, 0.5) is 5.69 Å². The van der Waals surface area contributed by atoms with Crippen molar-refractivity contribution in [1.82, 2.24) is 4.98 Å². The molecule has 2 rings (SSSR count). The van der Waals surface area contributed by atoms with E-state index in [0.717, 1.165) is 0 Å². The van der Waals surface area contributed by atoms with Crippen LogP contribution in [-0.4, -0.2) is 22.6 Å². The van der Waals surface area contributed by atoms with Crippen molar-refractivity contribution >= 4 is 11.6 Å². The van der Waals surface area contributed by atoms with E-state index in [1.54, 1.807) is 24.3 Å². The lowest BCUT2D eigenvalue weighted by molar-refractivity contribution is 0.102. The third-order valence-electron chi connectivity index (χ3n) is 2.40. The van der Waals surface area contributed by atoms with Gasteiger partial charge in [0.1, 0.15) is 17.6 Å². The summed E-state index contributed by atoms with van der Waals surface area (Å²) in [4.78, 5) is 15.6. The number of hydrogen-bond donors (Lipinski definition) is 2. The lowest BCUT2D eigenvalue weighted by Crippen LogP contribution is -2.11. The summed E-state index contributed by atoms with van der Waals surface area (Å²) >= 11 is 0. The Morgan fingerprint density at radius 3 is 2.75 bits per heavy atom. The lowest BCUT2D eigenvalue weighted by Gasteiger charge is -2.06. The van der Waals surface area contributed by atoms with Gasteiger partial charge >= 0.3 is 0 Å². The molecule has 0 aliphatic heterocycles. The minimum atomic E-state index is -0.376. The first-order valence-electron chi connectivity index (χ1n) is 5.74. The van der Waals surface area contributed by atoms with Gasteiger partial charge in [-0.15, -0.1) is 0 Å². The number of carbonyl (C=O) groups excluding carboxylic acids is 1. The van der Waals surface area contributed by atoms with Gasteiger partial charge in [-0.3, -0.25) is 9.78 Å². The minimum absolute atomic E-state index is 0.0271. The molecule has 20 heavy (non-hydrogen) atoms.